The van der Waals surface area contributed by atoms with E-state index < -0.39 is 17.2 Å². The zero-order valence-corrected chi connectivity index (χ0v) is 20.8. The minimum Gasteiger partial charge on any atom is -0.487 e. The normalized spacial score (nSPS) is 17.6. The average Bonchev–Trinajstić information content (AvgIpc) is 3.33. The first kappa shape index (κ1) is 24.6. The van der Waals surface area contributed by atoms with Crippen molar-refractivity contribution in [1.29, 1.82) is 0 Å². The highest BCUT2D eigenvalue weighted by molar-refractivity contribution is 5.80. The Morgan fingerprint density at radius 3 is 2.50 bits per heavy atom. The molecule has 2 N–H and O–H groups in total. The van der Waals surface area contributed by atoms with Gasteiger partial charge in [-0.05, 0) is 44.9 Å². The highest BCUT2D eigenvalue weighted by atomic mass is 19.1. The second kappa shape index (κ2) is 10.1. The Morgan fingerprint density at radius 1 is 1.06 bits per heavy atom. The molecule has 192 valence electrons. The van der Waals surface area contributed by atoms with Gasteiger partial charge in [0.05, 0.1) is 17.3 Å². The van der Waals surface area contributed by atoms with E-state index in [0.717, 1.165) is 41.8 Å². The van der Waals surface area contributed by atoms with Crippen LogP contribution < -0.4 is 15.0 Å². The second-order valence-electron chi connectivity index (χ2n) is 10.6. The lowest BCUT2D eigenvalue weighted by molar-refractivity contribution is 0.0800. The fourth-order valence-electron chi connectivity index (χ4n) is 5.05. The summed E-state index contributed by atoms with van der Waals surface area (Å²) in [5.74, 6) is 0.333. The van der Waals surface area contributed by atoms with E-state index in [0.29, 0.717) is 43.9 Å². The molecule has 5 rings (SSSR count). The number of ether oxygens (including phenoxy) is 1. The molecule has 2 aliphatic rings. The van der Waals surface area contributed by atoms with Gasteiger partial charge in [-0.2, -0.15) is 0 Å². The van der Waals surface area contributed by atoms with Crippen LogP contribution in [0.3, 0.4) is 0 Å². The fraction of sp³-hybridized carbons (Fsp3) is 0.519. The molecule has 0 unspecified atom stereocenters. The third-order valence-electron chi connectivity index (χ3n) is 6.83. The van der Waals surface area contributed by atoms with Crippen molar-refractivity contribution in [3.05, 3.63) is 47.8 Å². The summed E-state index contributed by atoms with van der Waals surface area (Å²) < 4.78 is 33.1. The van der Waals surface area contributed by atoms with Crippen molar-refractivity contribution in [2.45, 2.75) is 76.5 Å². The predicted molar refractivity (Wildman–Crippen MR) is 135 cm³/mol. The summed E-state index contributed by atoms with van der Waals surface area (Å²) in [6.45, 7) is 4.88. The number of pyridine rings is 1. The van der Waals surface area contributed by atoms with E-state index in [-0.39, 0.29) is 11.9 Å². The number of nitrogens with zero attached hydrogens (tertiary/aromatic N) is 4. The number of anilines is 2. The number of piperidine rings is 1. The van der Waals surface area contributed by atoms with Gasteiger partial charge in [0.2, 0.25) is 0 Å². The molecule has 2 aromatic heterocycles. The van der Waals surface area contributed by atoms with Crippen molar-refractivity contribution in [2.75, 3.05) is 23.3 Å². The molecule has 1 saturated heterocycles. The minimum atomic E-state index is -0.859. The van der Waals surface area contributed by atoms with Crippen LogP contribution in [0.15, 0.2) is 30.5 Å². The maximum Gasteiger partial charge on any atom is 0.172 e. The molecule has 0 atom stereocenters. The fourth-order valence-corrected chi connectivity index (χ4v) is 5.05. The summed E-state index contributed by atoms with van der Waals surface area (Å²) in [5.41, 5.74) is 1.36. The molecule has 0 amide bonds. The predicted octanol–water partition coefficient (Wildman–Crippen LogP) is 5.02. The molecule has 0 bridgehead atoms. The van der Waals surface area contributed by atoms with Crippen LogP contribution in [-0.2, 0) is 6.42 Å². The third kappa shape index (κ3) is 5.83. The number of aromatic nitrogens is 3. The van der Waals surface area contributed by atoms with E-state index >= 15 is 0 Å². The maximum absolute atomic E-state index is 14.0. The molecule has 2 fully saturated rings. The molecule has 0 spiro atoms. The van der Waals surface area contributed by atoms with Crippen LogP contribution in [0.5, 0.6) is 5.75 Å². The topological polar surface area (TPSA) is 83.4 Å². The Bertz CT molecular complexity index is 1220. The van der Waals surface area contributed by atoms with Crippen LogP contribution >= 0.6 is 0 Å². The first-order chi connectivity index (χ1) is 17.2. The number of rotatable bonds is 7. The maximum atomic E-state index is 14.0. The highest BCUT2D eigenvalue weighted by Gasteiger charge is 2.27. The van der Waals surface area contributed by atoms with Gasteiger partial charge in [0.15, 0.2) is 23.2 Å². The molecule has 36 heavy (non-hydrogen) atoms. The smallest absolute Gasteiger partial charge is 0.172 e. The second-order valence-corrected chi connectivity index (χ2v) is 10.6. The van der Waals surface area contributed by atoms with E-state index in [9.17, 15) is 13.9 Å². The molecule has 1 aliphatic carbocycles. The van der Waals surface area contributed by atoms with Crippen molar-refractivity contribution in [3.63, 3.8) is 0 Å². The minimum absolute atomic E-state index is 0.0804. The van der Waals surface area contributed by atoms with Gasteiger partial charge in [0.1, 0.15) is 17.4 Å². The van der Waals surface area contributed by atoms with Crippen molar-refractivity contribution < 1.29 is 18.6 Å². The van der Waals surface area contributed by atoms with E-state index in [4.69, 9.17) is 14.7 Å². The largest absolute Gasteiger partial charge is 0.487 e. The number of hydrogen-bond acceptors (Lipinski definition) is 7. The summed E-state index contributed by atoms with van der Waals surface area (Å²) in [7, 11) is 0. The number of aliphatic hydroxyl groups is 1. The zero-order chi connectivity index (χ0) is 25.3. The van der Waals surface area contributed by atoms with Gasteiger partial charge in [0, 0.05) is 50.2 Å². The van der Waals surface area contributed by atoms with Crippen LogP contribution in [0.1, 0.15) is 58.1 Å². The van der Waals surface area contributed by atoms with Crippen molar-refractivity contribution >= 4 is 22.7 Å². The van der Waals surface area contributed by atoms with E-state index in [1.165, 1.54) is 25.0 Å². The van der Waals surface area contributed by atoms with Gasteiger partial charge in [-0.3, -0.25) is 4.98 Å². The third-order valence-corrected chi connectivity index (χ3v) is 6.83. The Morgan fingerprint density at radius 2 is 1.81 bits per heavy atom. The quantitative estimate of drug-likeness (QED) is 0.474. The Kier molecular flexibility index (Phi) is 6.92. The number of hydrogen-bond donors (Lipinski definition) is 2. The number of fused-ring (bicyclic) bond motifs is 1. The highest BCUT2D eigenvalue weighted by Crippen LogP contribution is 2.32. The molecule has 7 nitrogen and oxygen atoms in total. The Hall–Kier alpha value is -3.07. The molecule has 9 heteroatoms. The van der Waals surface area contributed by atoms with E-state index in [2.05, 4.69) is 15.2 Å². The van der Waals surface area contributed by atoms with Crippen LogP contribution in [0.25, 0.3) is 11.0 Å². The SMILES string of the molecule is CC(C)(O)Cc1cc2nc(NC3CCCC3)c(N3CCC(Oc4ccc(F)cc4F)CC3)nc2cn1. The summed E-state index contributed by atoms with van der Waals surface area (Å²) in [5, 5.41) is 13.8. The summed E-state index contributed by atoms with van der Waals surface area (Å²) in [6, 6.07) is 5.67. The van der Waals surface area contributed by atoms with Crippen LogP contribution in [-0.4, -0.2) is 50.9 Å². The number of benzene rings is 1. The summed E-state index contributed by atoms with van der Waals surface area (Å²) in [6.07, 6.45) is 7.99. The van der Waals surface area contributed by atoms with E-state index in [1.807, 2.05) is 6.07 Å². The first-order valence-corrected chi connectivity index (χ1v) is 12.8. The van der Waals surface area contributed by atoms with Crippen molar-refractivity contribution in [3.8, 4) is 5.75 Å². The first-order valence-electron chi connectivity index (χ1n) is 12.8. The van der Waals surface area contributed by atoms with Crippen LogP contribution in [0.2, 0.25) is 0 Å². The van der Waals surface area contributed by atoms with Crippen molar-refractivity contribution in [1.82, 2.24) is 15.0 Å². The molecular formula is C27H33F2N5O2. The monoisotopic (exact) mass is 497 g/mol. The van der Waals surface area contributed by atoms with Crippen molar-refractivity contribution in [2.24, 2.45) is 0 Å². The number of nitrogens with one attached hydrogen (secondary N) is 1. The zero-order valence-electron chi connectivity index (χ0n) is 20.8. The molecule has 3 heterocycles. The van der Waals surface area contributed by atoms with Gasteiger partial charge in [-0.25, -0.2) is 18.7 Å². The molecule has 3 aromatic rings. The average molecular weight is 498 g/mol. The van der Waals surface area contributed by atoms with Gasteiger partial charge in [-0.15, -0.1) is 0 Å². The Labute approximate surface area is 209 Å². The van der Waals surface area contributed by atoms with Gasteiger partial charge < -0.3 is 20.1 Å². The van der Waals surface area contributed by atoms with E-state index in [1.54, 1.807) is 20.0 Å². The van der Waals surface area contributed by atoms with Crippen LogP contribution in [0, 0.1) is 11.6 Å². The lowest BCUT2D eigenvalue weighted by Crippen LogP contribution is -2.39. The lowest BCUT2D eigenvalue weighted by atomic mass is 10.0. The molecule has 1 aromatic carbocycles. The van der Waals surface area contributed by atoms with Gasteiger partial charge in [0.25, 0.3) is 0 Å². The standard InChI is InChI=1S/C27H33F2N5O2/c1-27(2,35)15-19-14-22-23(16-30-19)33-26(25(32-22)31-18-5-3-4-6-18)34-11-9-20(10-12-34)36-24-8-7-17(28)13-21(24)29/h7-8,13-14,16,18,20,35H,3-6,9-12,15H2,1-2H3,(H,31,32). The van der Waals surface area contributed by atoms with Gasteiger partial charge in [-0.1, -0.05) is 12.8 Å². The molecule has 1 aliphatic heterocycles. The summed E-state index contributed by atoms with van der Waals surface area (Å²) >= 11 is 0. The van der Waals surface area contributed by atoms with Crippen LogP contribution in [0.4, 0.5) is 20.4 Å². The molecule has 1 saturated carbocycles. The van der Waals surface area contributed by atoms with Gasteiger partial charge >= 0.3 is 0 Å². The summed E-state index contributed by atoms with van der Waals surface area (Å²) in [4.78, 5) is 16.6. The number of halogens is 2. The Balaban J connectivity index is 1.36. The lowest BCUT2D eigenvalue weighted by Gasteiger charge is -2.34. The molecular weight excluding hydrogens is 464 g/mol. The molecule has 0 radical (unpaired) electrons.